The van der Waals surface area contributed by atoms with Crippen LogP contribution in [0.3, 0.4) is 0 Å². The van der Waals surface area contributed by atoms with Gasteiger partial charge in [-0.3, -0.25) is 9.78 Å². The molecule has 2 aromatic carbocycles. The molecule has 3 aromatic rings. The molecule has 0 aliphatic rings. The Morgan fingerprint density at radius 3 is 2.11 bits per heavy atom. The van der Waals surface area contributed by atoms with Gasteiger partial charge < -0.3 is 20.1 Å². The SMILES string of the molecule is COc1ccc(C)cc1NC(=O)c1cncc(Nc2cc(C)ccc2OC)c1. The lowest BCUT2D eigenvalue weighted by molar-refractivity contribution is 0.102. The van der Waals surface area contributed by atoms with Gasteiger partial charge in [0, 0.05) is 6.20 Å². The van der Waals surface area contributed by atoms with E-state index in [0.29, 0.717) is 28.4 Å². The highest BCUT2D eigenvalue weighted by molar-refractivity contribution is 6.05. The summed E-state index contributed by atoms with van der Waals surface area (Å²) >= 11 is 0. The molecule has 3 rings (SSSR count). The maximum Gasteiger partial charge on any atom is 0.257 e. The summed E-state index contributed by atoms with van der Waals surface area (Å²) in [4.78, 5) is 16.9. The molecule has 6 heteroatoms. The van der Waals surface area contributed by atoms with E-state index in [1.807, 2.05) is 50.2 Å². The maximum atomic E-state index is 12.7. The Morgan fingerprint density at radius 2 is 1.46 bits per heavy atom. The number of carbonyl (C=O) groups excluding carboxylic acids is 1. The number of pyridine rings is 1. The third-order valence-corrected chi connectivity index (χ3v) is 4.24. The van der Waals surface area contributed by atoms with Crippen molar-refractivity contribution in [1.29, 1.82) is 0 Å². The predicted octanol–water partition coefficient (Wildman–Crippen LogP) is 4.71. The molecule has 6 nitrogen and oxygen atoms in total. The van der Waals surface area contributed by atoms with Gasteiger partial charge in [-0.25, -0.2) is 0 Å². The van der Waals surface area contributed by atoms with Crippen LogP contribution in [-0.4, -0.2) is 25.1 Å². The molecule has 1 aromatic heterocycles. The molecular weight excluding hydrogens is 354 g/mol. The molecule has 1 heterocycles. The largest absolute Gasteiger partial charge is 0.495 e. The fraction of sp³-hybridized carbons (Fsp3) is 0.182. The van der Waals surface area contributed by atoms with E-state index < -0.39 is 0 Å². The highest BCUT2D eigenvalue weighted by Gasteiger charge is 2.12. The Balaban J connectivity index is 1.83. The zero-order chi connectivity index (χ0) is 20.1. The lowest BCUT2D eigenvalue weighted by atomic mass is 10.1. The minimum atomic E-state index is -0.267. The zero-order valence-corrected chi connectivity index (χ0v) is 16.4. The van der Waals surface area contributed by atoms with Crippen molar-refractivity contribution in [1.82, 2.24) is 4.98 Å². The molecule has 28 heavy (non-hydrogen) atoms. The van der Waals surface area contributed by atoms with Crippen molar-refractivity contribution < 1.29 is 14.3 Å². The van der Waals surface area contributed by atoms with Crippen LogP contribution in [0.15, 0.2) is 54.9 Å². The molecule has 0 saturated heterocycles. The van der Waals surface area contributed by atoms with Crippen LogP contribution in [0.2, 0.25) is 0 Å². The van der Waals surface area contributed by atoms with Crippen LogP contribution >= 0.6 is 0 Å². The number of hydrogen-bond donors (Lipinski definition) is 2. The molecular formula is C22H23N3O3. The maximum absolute atomic E-state index is 12.7. The molecule has 2 N–H and O–H groups in total. The van der Waals surface area contributed by atoms with Gasteiger partial charge in [0.1, 0.15) is 11.5 Å². The molecule has 0 bridgehead atoms. The molecule has 0 atom stereocenters. The van der Waals surface area contributed by atoms with E-state index in [0.717, 1.165) is 16.8 Å². The summed E-state index contributed by atoms with van der Waals surface area (Å²) in [6, 6.07) is 13.2. The molecule has 0 aliphatic carbocycles. The van der Waals surface area contributed by atoms with Crippen LogP contribution in [0.1, 0.15) is 21.5 Å². The predicted molar refractivity (Wildman–Crippen MR) is 111 cm³/mol. The normalized spacial score (nSPS) is 10.3. The Hall–Kier alpha value is -3.54. The quantitative estimate of drug-likeness (QED) is 0.651. The highest BCUT2D eigenvalue weighted by Crippen LogP contribution is 2.29. The summed E-state index contributed by atoms with van der Waals surface area (Å²) in [5.41, 5.74) is 4.66. The number of methoxy groups -OCH3 is 2. The second-order valence-electron chi connectivity index (χ2n) is 6.45. The van der Waals surface area contributed by atoms with Crippen LogP contribution in [-0.2, 0) is 0 Å². The third kappa shape index (κ3) is 4.40. The molecule has 144 valence electrons. The van der Waals surface area contributed by atoms with Crippen molar-refractivity contribution >= 4 is 23.0 Å². The monoisotopic (exact) mass is 377 g/mol. The van der Waals surface area contributed by atoms with Gasteiger partial charge in [-0.2, -0.15) is 0 Å². The standard InChI is InChI=1S/C22H23N3O3/c1-14-5-7-20(27-3)18(9-14)24-17-11-16(12-23-13-17)22(26)25-19-10-15(2)6-8-21(19)28-4/h5-13,24H,1-4H3,(H,25,26). The topological polar surface area (TPSA) is 72.5 Å². The Morgan fingerprint density at radius 1 is 0.857 bits per heavy atom. The third-order valence-electron chi connectivity index (χ3n) is 4.24. The number of nitrogens with one attached hydrogen (secondary N) is 2. The fourth-order valence-electron chi connectivity index (χ4n) is 2.82. The summed E-state index contributed by atoms with van der Waals surface area (Å²) < 4.78 is 10.7. The summed E-state index contributed by atoms with van der Waals surface area (Å²) in [5.74, 6) is 1.05. The van der Waals surface area contributed by atoms with Gasteiger partial charge in [0.15, 0.2) is 0 Å². The number of hydrogen-bond acceptors (Lipinski definition) is 5. The molecule has 0 spiro atoms. The number of anilines is 3. The van der Waals surface area contributed by atoms with E-state index >= 15 is 0 Å². The van der Waals surface area contributed by atoms with Crippen molar-refractivity contribution in [2.75, 3.05) is 24.9 Å². The van der Waals surface area contributed by atoms with Gasteiger partial charge >= 0.3 is 0 Å². The van der Waals surface area contributed by atoms with Gasteiger partial charge in [0.25, 0.3) is 5.91 Å². The van der Waals surface area contributed by atoms with Crippen LogP contribution in [0.25, 0.3) is 0 Å². The van der Waals surface area contributed by atoms with Crippen LogP contribution in [0.5, 0.6) is 11.5 Å². The number of benzene rings is 2. The van der Waals surface area contributed by atoms with E-state index in [-0.39, 0.29) is 5.91 Å². The zero-order valence-electron chi connectivity index (χ0n) is 16.4. The van der Waals surface area contributed by atoms with E-state index in [2.05, 4.69) is 15.6 Å². The Labute approximate surface area is 164 Å². The van der Waals surface area contributed by atoms with Crippen LogP contribution < -0.4 is 20.1 Å². The smallest absolute Gasteiger partial charge is 0.257 e. The minimum absolute atomic E-state index is 0.267. The second-order valence-corrected chi connectivity index (χ2v) is 6.45. The second kappa shape index (κ2) is 8.43. The van der Waals surface area contributed by atoms with Crippen molar-refractivity contribution in [3.05, 3.63) is 71.5 Å². The Bertz CT molecular complexity index is 1000. The molecule has 0 fully saturated rings. The molecule has 0 saturated carbocycles. The molecule has 0 radical (unpaired) electrons. The van der Waals surface area contributed by atoms with Gasteiger partial charge in [0.2, 0.25) is 0 Å². The van der Waals surface area contributed by atoms with Gasteiger partial charge in [-0.05, 0) is 55.3 Å². The van der Waals surface area contributed by atoms with Crippen molar-refractivity contribution in [2.45, 2.75) is 13.8 Å². The number of carbonyl (C=O) groups is 1. The number of aromatic nitrogens is 1. The van der Waals surface area contributed by atoms with Crippen molar-refractivity contribution in [2.24, 2.45) is 0 Å². The number of rotatable bonds is 6. The number of nitrogens with zero attached hydrogens (tertiary/aromatic N) is 1. The highest BCUT2D eigenvalue weighted by atomic mass is 16.5. The van der Waals surface area contributed by atoms with Crippen LogP contribution in [0.4, 0.5) is 17.1 Å². The minimum Gasteiger partial charge on any atom is -0.495 e. The van der Waals surface area contributed by atoms with Crippen molar-refractivity contribution in [3.63, 3.8) is 0 Å². The number of ether oxygens (including phenoxy) is 2. The summed E-state index contributed by atoms with van der Waals surface area (Å²) in [5, 5.41) is 6.15. The van der Waals surface area contributed by atoms with E-state index in [1.165, 1.54) is 6.20 Å². The first-order valence-electron chi connectivity index (χ1n) is 8.83. The average molecular weight is 377 g/mol. The lowest BCUT2D eigenvalue weighted by Crippen LogP contribution is -2.13. The van der Waals surface area contributed by atoms with Crippen molar-refractivity contribution in [3.8, 4) is 11.5 Å². The van der Waals surface area contributed by atoms with Gasteiger partial charge in [-0.1, -0.05) is 12.1 Å². The molecule has 0 unspecified atom stereocenters. The molecule has 1 amide bonds. The van der Waals surface area contributed by atoms with E-state index in [1.54, 1.807) is 26.5 Å². The molecule has 0 aliphatic heterocycles. The number of amides is 1. The first-order chi connectivity index (χ1) is 13.5. The van der Waals surface area contributed by atoms with E-state index in [9.17, 15) is 4.79 Å². The average Bonchev–Trinajstić information content (AvgIpc) is 2.68. The fourth-order valence-corrected chi connectivity index (χ4v) is 2.82. The van der Waals surface area contributed by atoms with Gasteiger partial charge in [-0.15, -0.1) is 0 Å². The number of aryl methyl sites for hydroxylation is 2. The van der Waals surface area contributed by atoms with Crippen LogP contribution in [0, 0.1) is 13.8 Å². The first kappa shape index (κ1) is 19.2. The van der Waals surface area contributed by atoms with E-state index in [4.69, 9.17) is 9.47 Å². The lowest BCUT2D eigenvalue weighted by Gasteiger charge is -2.13. The summed E-state index contributed by atoms with van der Waals surface area (Å²) in [7, 11) is 3.19. The summed E-state index contributed by atoms with van der Waals surface area (Å²) in [6.07, 6.45) is 3.18. The van der Waals surface area contributed by atoms with Gasteiger partial charge in [0.05, 0.1) is 43.0 Å². The summed E-state index contributed by atoms with van der Waals surface area (Å²) in [6.45, 7) is 3.96. The Kier molecular flexibility index (Phi) is 5.79. The first-order valence-corrected chi connectivity index (χ1v) is 8.83.